The Labute approximate surface area is 69.2 Å². The van der Waals surface area contributed by atoms with Gasteiger partial charge in [0.2, 0.25) is 0 Å². The van der Waals surface area contributed by atoms with Crippen molar-refractivity contribution >= 4 is 50.8 Å². The first-order valence-corrected chi connectivity index (χ1v) is 7.74. The molecule has 0 unspecified atom stereocenters. The first-order valence-electron chi connectivity index (χ1n) is 2.19. The van der Waals surface area contributed by atoms with Gasteiger partial charge in [-0.3, -0.25) is 0 Å². The van der Waals surface area contributed by atoms with Crippen LogP contribution in [0.1, 0.15) is 13.3 Å². The zero-order chi connectivity index (χ0) is 6.78. The third kappa shape index (κ3) is 3.41. The molecule has 0 saturated carbocycles. The van der Waals surface area contributed by atoms with Gasteiger partial charge in [-0.2, -0.15) is 0 Å². The molecule has 8 heavy (non-hydrogen) atoms. The van der Waals surface area contributed by atoms with Gasteiger partial charge in [0.25, 0.3) is 0 Å². The minimum atomic E-state index is -2.58. The van der Waals surface area contributed by atoms with Gasteiger partial charge < -0.3 is 0 Å². The van der Waals surface area contributed by atoms with Crippen molar-refractivity contribution < 1.29 is 0 Å². The summed E-state index contributed by atoms with van der Waals surface area (Å²) in [6.07, 6.45) is 0.726. The van der Waals surface area contributed by atoms with Crippen LogP contribution < -0.4 is 0 Å². The van der Waals surface area contributed by atoms with Crippen LogP contribution in [-0.2, 0) is 0 Å². The predicted molar refractivity (Wildman–Crippen MR) is 43.2 cm³/mol. The van der Waals surface area contributed by atoms with Crippen molar-refractivity contribution in [2.45, 2.75) is 18.3 Å². The van der Waals surface area contributed by atoms with E-state index in [1.807, 2.05) is 6.92 Å². The van der Waals surface area contributed by atoms with Crippen molar-refractivity contribution in [3.63, 3.8) is 0 Å². The van der Waals surface area contributed by atoms with Gasteiger partial charge >= 0.3 is 6.00 Å². The highest BCUT2D eigenvalue weighted by atomic mass is 35.8. The molecule has 0 saturated heterocycles. The first kappa shape index (κ1) is 9.38. The number of alkyl halides is 1. The third-order valence-electron chi connectivity index (χ3n) is 0.714. The lowest BCUT2D eigenvalue weighted by Crippen LogP contribution is -2.24. The van der Waals surface area contributed by atoms with E-state index in [9.17, 15) is 0 Å². The summed E-state index contributed by atoms with van der Waals surface area (Å²) in [7, 11) is 0. The smallest absolute Gasteiger partial charge is 0.125 e. The Hall–Kier alpha value is 1.38. The molecule has 0 amide bonds. The number of rotatable bonds is 2. The molecule has 0 aromatic heterocycles. The van der Waals surface area contributed by atoms with Gasteiger partial charge in [-0.25, -0.2) is 0 Å². The van der Waals surface area contributed by atoms with Crippen molar-refractivity contribution in [1.82, 2.24) is 0 Å². The SMILES string of the molecule is CC[C@H](Cl)[Si](Cl)(Cl)Cl. The minimum absolute atomic E-state index is 0.243. The molecule has 0 bridgehead atoms. The molecule has 0 heterocycles. The molecule has 0 fully saturated rings. The van der Waals surface area contributed by atoms with E-state index >= 15 is 0 Å². The third-order valence-corrected chi connectivity index (χ3v) is 6.50. The van der Waals surface area contributed by atoms with Gasteiger partial charge in [0.1, 0.15) is 0 Å². The number of halogens is 4. The van der Waals surface area contributed by atoms with E-state index < -0.39 is 6.00 Å². The maximum absolute atomic E-state index is 5.61. The van der Waals surface area contributed by atoms with E-state index in [-0.39, 0.29) is 5.00 Å². The Balaban J connectivity index is 3.62. The average Bonchev–Trinajstić information content (AvgIpc) is 1.62. The Morgan fingerprint density at radius 1 is 1.38 bits per heavy atom. The molecule has 0 spiro atoms. The molecule has 0 aromatic rings. The highest BCUT2D eigenvalue weighted by Crippen LogP contribution is 2.29. The first-order chi connectivity index (χ1) is 3.48. The lowest BCUT2D eigenvalue weighted by molar-refractivity contribution is 1.03. The van der Waals surface area contributed by atoms with E-state index in [0.717, 1.165) is 6.42 Å². The molecule has 0 radical (unpaired) electrons. The van der Waals surface area contributed by atoms with Gasteiger partial charge in [-0.15, -0.1) is 44.8 Å². The lowest BCUT2D eigenvalue weighted by atomic mass is 10.6. The van der Waals surface area contributed by atoms with Crippen LogP contribution in [0.5, 0.6) is 0 Å². The van der Waals surface area contributed by atoms with Crippen LogP contribution in [0.15, 0.2) is 0 Å². The lowest BCUT2D eigenvalue weighted by Gasteiger charge is -2.11. The molecular weight excluding hydrogens is 206 g/mol. The van der Waals surface area contributed by atoms with Crippen LogP contribution in [0.25, 0.3) is 0 Å². The van der Waals surface area contributed by atoms with Gasteiger partial charge in [0.15, 0.2) is 0 Å². The van der Waals surface area contributed by atoms with E-state index in [1.54, 1.807) is 0 Å². The summed E-state index contributed by atoms with van der Waals surface area (Å²) in [6.45, 7) is 1.90. The molecular formula is C3H6Cl4Si. The average molecular weight is 212 g/mol. The molecule has 0 aliphatic heterocycles. The molecule has 50 valence electrons. The zero-order valence-corrected chi connectivity index (χ0v) is 8.32. The van der Waals surface area contributed by atoms with Crippen LogP contribution >= 0.6 is 44.8 Å². The van der Waals surface area contributed by atoms with Crippen LogP contribution in [0.2, 0.25) is 0 Å². The largest absolute Gasteiger partial charge is 0.358 e. The second-order valence-electron chi connectivity index (χ2n) is 1.42. The van der Waals surface area contributed by atoms with E-state index in [1.165, 1.54) is 0 Å². The molecule has 0 nitrogen and oxygen atoms in total. The Bertz CT molecular complexity index is 68.2. The maximum Gasteiger partial charge on any atom is 0.358 e. The fraction of sp³-hybridized carbons (Fsp3) is 1.00. The number of hydrogen-bond donors (Lipinski definition) is 0. The molecule has 1 atom stereocenters. The molecule has 0 rings (SSSR count). The summed E-state index contributed by atoms with van der Waals surface area (Å²) in [5.74, 6) is 0. The van der Waals surface area contributed by atoms with Crippen molar-refractivity contribution in [3.8, 4) is 0 Å². The van der Waals surface area contributed by atoms with Gasteiger partial charge in [-0.05, 0) is 6.42 Å². The van der Waals surface area contributed by atoms with E-state index in [4.69, 9.17) is 44.8 Å². The summed E-state index contributed by atoms with van der Waals surface area (Å²) in [6, 6.07) is -2.58. The summed E-state index contributed by atoms with van der Waals surface area (Å²) < 4.78 is 0. The van der Waals surface area contributed by atoms with Crippen LogP contribution in [-0.4, -0.2) is 11.0 Å². The second-order valence-corrected chi connectivity index (χ2v) is 11.2. The molecule has 0 aromatic carbocycles. The summed E-state index contributed by atoms with van der Waals surface area (Å²) in [5, 5.41) is -0.243. The summed E-state index contributed by atoms with van der Waals surface area (Å²) >= 11 is 22.2. The fourth-order valence-corrected chi connectivity index (χ4v) is 2.08. The summed E-state index contributed by atoms with van der Waals surface area (Å²) in [5.41, 5.74) is 0. The van der Waals surface area contributed by atoms with Crippen molar-refractivity contribution in [3.05, 3.63) is 0 Å². The van der Waals surface area contributed by atoms with Crippen molar-refractivity contribution in [1.29, 1.82) is 0 Å². The summed E-state index contributed by atoms with van der Waals surface area (Å²) in [4.78, 5) is 0. The molecule has 0 aliphatic rings. The van der Waals surface area contributed by atoms with E-state index in [0.29, 0.717) is 0 Å². The second kappa shape index (κ2) is 3.52. The van der Waals surface area contributed by atoms with E-state index in [2.05, 4.69) is 0 Å². The van der Waals surface area contributed by atoms with Gasteiger partial charge in [-0.1, -0.05) is 6.92 Å². The molecule has 0 aliphatic carbocycles. The predicted octanol–water partition coefficient (Wildman–Crippen LogP) is 3.20. The standard InChI is InChI=1S/C3H6Cl4Si/c1-2-3(4)8(5,6)7/h3H,2H2,1H3/t3-/m1/s1. The van der Waals surface area contributed by atoms with Gasteiger partial charge in [0, 0.05) is 0 Å². The van der Waals surface area contributed by atoms with Crippen LogP contribution in [0.4, 0.5) is 0 Å². The normalized spacial score (nSPS) is 16.1. The highest BCUT2D eigenvalue weighted by Gasteiger charge is 2.33. The Morgan fingerprint density at radius 2 is 1.75 bits per heavy atom. The Kier molecular flexibility index (Phi) is 4.13. The van der Waals surface area contributed by atoms with Crippen molar-refractivity contribution in [2.24, 2.45) is 0 Å². The zero-order valence-electron chi connectivity index (χ0n) is 4.30. The molecule has 5 heteroatoms. The topological polar surface area (TPSA) is 0 Å². The monoisotopic (exact) mass is 210 g/mol. The fourth-order valence-electron chi connectivity index (χ4n) is 0.231. The quantitative estimate of drug-likeness (QED) is 0.374. The maximum atomic E-state index is 5.61. The van der Waals surface area contributed by atoms with Gasteiger partial charge in [0.05, 0.1) is 5.00 Å². The van der Waals surface area contributed by atoms with Crippen molar-refractivity contribution in [2.75, 3.05) is 0 Å². The highest BCUT2D eigenvalue weighted by molar-refractivity contribution is 7.66. The molecule has 0 N–H and O–H groups in total. The van der Waals surface area contributed by atoms with Crippen LogP contribution in [0.3, 0.4) is 0 Å². The van der Waals surface area contributed by atoms with Crippen LogP contribution in [0, 0.1) is 0 Å². The number of hydrogen-bond acceptors (Lipinski definition) is 0. The Morgan fingerprint density at radius 3 is 1.75 bits per heavy atom. The minimum Gasteiger partial charge on any atom is -0.125 e.